The number of aryl methyl sites for hydroxylation is 3. The zero-order chi connectivity index (χ0) is 31.6. The number of thiophene rings is 1. The van der Waals surface area contributed by atoms with Crippen molar-refractivity contribution in [3.8, 4) is 21.9 Å². The normalized spacial score (nSPS) is 21.7. The summed E-state index contributed by atoms with van der Waals surface area (Å²) in [6.07, 6.45) is 7.72. The maximum absolute atomic E-state index is 14.1. The van der Waals surface area contributed by atoms with Gasteiger partial charge < -0.3 is 14.5 Å². The molecule has 0 saturated carbocycles. The second kappa shape index (κ2) is 11.5. The Morgan fingerprint density at radius 3 is 2.80 bits per heavy atom. The summed E-state index contributed by atoms with van der Waals surface area (Å²) < 4.78 is 40.7. The minimum atomic E-state index is -3.67. The van der Waals surface area contributed by atoms with Crippen molar-refractivity contribution in [1.29, 1.82) is 0 Å². The summed E-state index contributed by atoms with van der Waals surface area (Å²) in [6, 6.07) is 6.11. The van der Waals surface area contributed by atoms with Gasteiger partial charge in [0.15, 0.2) is 9.84 Å². The van der Waals surface area contributed by atoms with Crippen LogP contribution in [0.15, 0.2) is 40.0 Å². The minimum Gasteiger partial charge on any atom is -0.421 e. The number of nitrogens with zero attached hydrogens (tertiary/aromatic N) is 6. The van der Waals surface area contributed by atoms with Crippen molar-refractivity contribution in [2.24, 2.45) is 11.8 Å². The fourth-order valence-electron chi connectivity index (χ4n) is 7.12. The van der Waals surface area contributed by atoms with Gasteiger partial charge in [-0.05, 0) is 61.6 Å². The number of pyridine rings is 2. The van der Waals surface area contributed by atoms with Gasteiger partial charge in [0.2, 0.25) is 11.8 Å². The van der Waals surface area contributed by atoms with Gasteiger partial charge in [-0.3, -0.25) is 9.97 Å². The van der Waals surface area contributed by atoms with Crippen LogP contribution in [0.1, 0.15) is 73.6 Å². The molecule has 0 radical (unpaired) electrons. The summed E-state index contributed by atoms with van der Waals surface area (Å²) in [7, 11) is -3.67. The molecule has 1 N–H and O–H groups in total. The molecule has 46 heavy (non-hydrogen) atoms. The first-order chi connectivity index (χ1) is 22.3. The lowest BCUT2D eigenvalue weighted by Crippen LogP contribution is -2.11. The highest BCUT2D eigenvalue weighted by molar-refractivity contribution is 7.92. The van der Waals surface area contributed by atoms with E-state index in [1.54, 1.807) is 13.3 Å². The fourth-order valence-corrected chi connectivity index (χ4v) is 10.5. The molecule has 0 aromatic carbocycles. The van der Waals surface area contributed by atoms with E-state index in [2.05, 4.69) is 50.4 Å². The lowest BCUT2D eigenvalue weighted by atomic mass is 9.90. The number of aromatic nitrogens is 6. The first-order valence-corrected chi connectivity index (χ1v) is 18.4. The van der Waals surface area contributed by atoms with E-state index >= 15 is 0 Å². The van der Waals surface area contributed by atoms with Gasteiger partial charge in [0.25, 0.3) is 0 Å². The SMILES string of the molecule is Cc1nnc(-c2c(CCC3CCOC3)nc3c(c2-c2cc4ncnc(N[C@@H]5CCc6ncccc65)c4s2)S(=O)(=O)CC3C(C)C)o1. The minimum absolute atomic E-state index is 0.0227. The van der Waals surface area contributed by atoms with Crippen LogP contribution in [0.5, 0.6) is 0 Å². The second-order valence-electron chi connectivity index (χ2n) is 12.9. The van der Waals surface area contributed by atoms with Gasteiger partial charge in [-0.1, -0.05) is 19.9 Å². The van der Waals surface area contributed by atoms with Gasteiger partial charge in [-0.2, -0.15) is 0 Å². The van der Waals surface area contributed by atoms with Gasteiger partial charge in [-0.15, -0.1) is 21.5 Å². The lowest BCUT2D eigenvalue weighted by Gasteiger charge is -2.19. The van der Waals surface area contributed by atoms with E-state index in [0.29, 0.717) is 40.9 Å². The van der Waals surface area contributed by atoms with Gasteiger partial charge >= 0.3 is 0 Å². The first-order valence-electron chi connectivity index (χ1n) is 15.9. The van der Waals surface area contributed by atoms with Gasteiger partial charge in [0.05, 0.1) is 43.9 Å². The molecular weight excluding hydrogens is 623 g/mol. The Balaban J connectivity index is 1.32. The van der Waals surface area contributed by atoms with Crippen molar-refractivity contribution in [2.45, 2.75) is 69.7 Å². The van der Waals surface area contributed by atoms with E-state index in [9.17, 15) is 8.42 Å². The third kappa shape index (κ3) is 5.08. The Labute approximate surface area is 271 Å². The molecule has 1 aliphatic carbocycles. The molecule has 238 valence electrons. The molecule has 3 aliphatic rings. The third-order valence-electron chi connectivity index (χ3n) is 9.51. The van der Waals surface area contributed by atoms with Crippen molar-refractivity contribution in [3.05, 3.63) is 59.3 Å². The molecule has 8 rings (SSSR count). The molecule has 2 unspecified atom stereocenters. The van der Waals surface area contributed by atoms with Crippen LogP contribution in [0.2, 0.25) is 0 Å². The number of ether oxygens (including phenoxy) is 1. The Morgan fingerprint density at radius 2 is 2.02 bits per heavy atom. The number of anilines is 1. The standard InChI is InChI=1S/C33H35N7O4S2/c1-17(2)21-15-46(41,42)31-28(27(33-40-39-18(3)44-33)24(37-29(21)31)7-6-19-10-12-43-14-19)26-13-25-30(45-26)32(36-16-35-25)38-23-9-8-22-20(23)5-4-11-34-22/h4-5,11,13,16-17,19,21,23H,6-10,12,14-15H2,1-3H3,(H,35,36,38)/t19?,21?,23-/m1/s1. The highest BCUT2D eigenvalue weighted by Crippen LogP contribution is 2.51. The molecule has 5 aromatic rings. The summed E-state index contributed by atoms with van der Waals surface area (Å²) in [5, 5.41) is 12.2. The molecule has 11 nitrogen and oxygen atoms in total. The van der Waals surface area contributed by atoms with E-state index in [0.717, 1.165) is 65.4 Å². The summed E-state index contributed by atoms with van der Waals surface area (Å²) in [4.78, 5) is 20.0. The largest absolute Gasteiger partial charge is 0.421 e. The number of sulfone groups is 1. The molecule has 3 atom stereocenters. The van der Waals surface area contributed by atoms with Crippen LogP contribution in [0.4, 0.5) is 5.82 Å². The summed E-state index contributed by atoms with van der Waals surface area (Å²) in [6.45, 7) is 7.35. The fraction of sp³-hybridized carbons (Fsp3) is 0.455. The molecule has 0 bridgehead atoms. The summed E-state index contributed by atoms with van der Waals surface area (Å²) >= 11 is 1.48. The van der Waals surface area contributed by atoms with Crippen LogP contribution in [0, 0.1) is 18.8 Å². The van der Waals surface area contributed by atoms with Crippen molar-refractivity contribution in [2.75, 3.05) is 24.3 Å². The average molecular weight is 658 g/mol. The van der Waals surface area contributed by atoms with Crippen LogP contribution in [-0.4, -0.2) is 57.5 Å². The topological polar surface area (TPSA) is 146 Å². The smallest absolute Gasteiger partial charge is 0.250 e. The Bertz CT molecular complexity index is 2070. The monoisotopic (exact) mass is 657 g/mol. The zero-order valence-electron chi connectivity index (χ0n) is 26.0. The van der Waals surface area contributed by atoms with Crippen molar-refractivity contribution in [1.82, 2.24) is 30.1 Å². The first kappa shape index (κ1) is 29.6. The molecule has 5 aromatic heterocycles. The molecular formula is C33H35N7O4S2. The quantitative estimate of drug-likeness (QED) is 0.206. The van der Waals surface area contributed by atoms with E-state index in [1.165, 1.54) is 16.9 Å². The van der Waals surface area contributed by atoms with E-state index in [1.807, 2.05) is 18.3 Å². The van der Waals surface area contributed by atoms with Crippen molar-refractivity contribution < 1.29 is 17.6 Å². The third-order valence-corrected chi connectivity index (χ3v) is 12.5. The Kier molecular flexibility index (Phi) is 7.37. The van der Waals surface area contributed by atoms with Crippen LogP contribution in [-0.2, 0) is 27.4 Å². The average Bonchev–Trinajstić information content (AvgIpc) is 3.87. The van der Waals surface area contributed by atoms with Crippen LogP contribution >= 0.6 is 11.3 Å². The second-order valence-corrected chi connectivity index (χ2v) is 15.9. The lowest BCUT2D eigenvalue weighted by molar-refractivity contribution is 0.184. The maximum Gasteiger partial charge on any atom is 0.250 e. The predicted molar refractivity (Wildman–Crippen MR) is 174 cm³/mol. The van der Waals surface area contributed by atoms with Crippen LogP contribution < -0.4 is 5.32 Å². The Hall–Kier alpha value is -3.81. The molecule has 13 heteroatoms. The zero-order valence-corrected chi connectivity index (χ0v) is 27.6. The maximum atomic E-state index is 14.1. The summed E-state index contributed by atoms with van der Waals surface area (Å²) in [5.74, 6) is 1.72. The van der Waals surface area contributed by atoms with Crippen LogP contribution in [0.25, 0.3) is 32.1 Å². The van der Waals surface area contributed by atoms with Crippen LogP contribution in [0.3, 0.4) is 0 Å². The molecule has 1 fully saturated rings. The number of hydrogen-bond donors (Lipinski definition) is 1. The number of nitrogens with one attached hydrogen (secondary N) is 1. The van der Waals surface area contributed by atoms with Gasteiger partial charge in [0, 0.05) is 48.4 Å². The Morgan fingerprint density at radius 1 is 1.13 bits per heavy atom. The number of hydrogen-bond acceptors (Lipinski definition) is 12. The van der Waals surface area contributed by atoms with Crippen molar-refractivity contribution >= 4 is 37.2 Å². The number of rotatable bonds is 8. The molecule has 0 spiro atoms. The van der Waals surface area contributed by atoms with E-state index < -0.39 is 9.84 Å². The van der Waals surface area contributed by atoms with E-state index in [-0.39, 0.29) is 34.4 Å². The highest BCUT2D eigenvalue weighted by Gasteiger charge is 2.43. The molecule has 0 amide bonds. The van der Waals surface area contributed by atoms with Gasteiger partial charge in [0.1, 0.15) is 12.1 Å². The molecule has 2 aliphatic heterocycles. The predicted octanol–water partition coefficient (Wildman–Crippen LogP) is 6.10. The highest BCUT2D eigenvalue weighted by atomic mass is 32.2. The van der Waals surface area contributed by atoms with Crippen molar-refractivity contribution in [3.63, 3.8) is 0 Å². The summed E-state index contributed by atoms with van der Waals surface area (Å²) in [5.41, 5.74) is 5.61. The van der Waals surface area contributed by atoms with Gasteiger partial charge in [-0.25, -0.2) is 18.4 Å². The molecule has 1 saturated heterocycles. The van der Waals surface area contributed by atoms with E-state index in [4.69, 9.17) is 14.1 Å². The molecule has 7 heterocycles. The number of fused-ring (bicyclic) bond motifs is 3.